The van der Waals surface area contributed by atoms with Crippen molar-refractivity contribution in [3.05, 3.63) is 65.7 Å². The van der Waals surface area contributed by atoms with Gasteiger partial charge in [-0.05, 0) is 56.0 Å². The molecule has 0 heterocycles. The first-order chi connectivity index (χ1) is 12.5. The van der Waals surface area contributed by atoms with Gasteiger partial charge in [-0.2, -0.15) is 5.26 Å². The van der Waals surface area contributed by atoms with Gasteiger partial charge in [-0.1, -0.05) is 24.3 Å². The largest absolute Gasteiger partial charge is 0.334 e. The Morgan fingerprint density at radius 1 is 1.04 bits per heavy atom. The van der Waals surface area contributed by atoms with Crippen molar-refractivity contribution in [2.75, 3.05) is 11.9 Å². The number of carbonyl (C=O) groups excluding carboxylic acids is 2. The summed E-state index contributed by atoms with van der Waals surface area (Å²) in [4.78, 5) is 26.9. The molecule has 2 aromatic carbocycles. The highest BCUT2D eigenvalue weighted by atomic mass is 16.2. The van der Waals surface area contributed by atoms with Gasteiger partial charge in [0.25, 0.3) is 11.8 Å². The van der Waals surface area contributed by atoms with Crippen LogP contribution in [-0.2, 0) is 0 Å². The summed E-state index contributed by atoms with van der Waals surface area (Å²) in [5.41, 5.74) is 0.819. The number of amides is 2. The number of nitrogens with zero attached hydrogens (tertiary/aromatic N) is 2. The maximum atomic E-state index is 12.7. The van der Waals surface area contributed by atoms with Crippen molar-refractivity contribution in [1.29, 1.82) is 5.26 Å². The Morgan fingerprint density at radius 2 is 1.69 bits per heavy atom. The van der Waals surface area contributed by atoms with Gasteiger partial charge in [0.1, 0.15) is 5.54 Å². The summed E-state index contributed by atoms with van der Waals surface area (Å²) >= 11 is 0. The van der Waals surface area contributed by atoms with Gasteiger partial charge in [0.05, 0.1) is 6.07 Å². The molecule has 1 N–H and O–H groups in total. The lowest BCUT2D eigenvalue weighted by atomic mass is 9.99. The summed E-state index contributed by atoms with van der Waals surface area (Å²) in [7, 11) is 1.70. The highest BCUT2D eigenvalue weighted by Crippen LogP contribution is 2.29. The molecule has 0 radical (unpaired) electrons. The van der Waals surface area contributed by atoms with E-state index in [0.29, 0.717) is 24.0 Å². The van der Waals surface area contributed by atoms with Crippen LogP contribution in [0.2, 0.25) is 0 Å². The zero-order chi connectivity index (χ0) is 18.6. The highest BCUT2D eigenvalue weighted by molar-refractivity contribution is 6.07. The molecule has 0 unspecified atom stereocenters. The molecule has 1 fully saturated rings. The van der Waals surface area contributed by atoms with E-state index in [9.17, 15) is 14.9 Å². The lowest BCUT2D eigenvalue weighted by Crippen LogP contribution is -2.45. The first-order valence-corrected chi connectivity index (χ1v) is 8.72. The van der Waals surface area contributed by atoms with Crippen molar-refractivity contribution in [3.63, 3.8) is 0 Å². The van der Waals surface area contributed by atoms with Crippen molar-refractivity contribution in [2.45, 2.75) is 31.2 Å². The van der Waals surface area contributed by atoms with Crippen LogP contribution in [0.4, 0.5) is 5.69 Å². The molecule has 26 heavy (non-hydrogen) atoms. The van der Waals surface area contributed by atoms with E-state index in [2.05, 4.69) is 11.4 Å². The molecule has 0 saturated heterocycles. The SMILES string of the molecule is CN(C(=O)c1cccc(C(=O)NC2(C#N)CCCC2)c1)c1ccccc1. The Kier molecular flexibility index (Phi) is 5.04. The quantitative estimate of drug-likeness (QED) is 0.919. The van der Waals surface area contributed by atoms with Gasteiger partial charge < -0.3 is 10.2 Å². The van der Waals surface area contributed by atoms with E-state index < -0.39 is 5.54 Å². The third-order valence-corrected chi connectivity index (χ3v) is 4.84. The minimum Gasteiger partial charge on any atom is -0.334 e. The molecule has 5 heteroatoms. The molecule has 2 amide bonds. The lowest BCUT2D eigenvalue weighted by molar-refractivity contribution is 0.0920. The molecular weight excluding hydrogens is 326 g/mol. The lowest BCUT2D eigenvalue weighted by Gasteiger charge is -2.22. The fourth-order valence-corrected chi connectivity index (χ4v) is 3.29. The highest BCUT2D eigenvalue weighted by Gasteiger charge is 2.35. The van der Waals surface area contributed by atoms with Crippen molar-refractivity contribution in [1.82, 2.24) is 5.32 Å². The summed E-state index contributed by atoms with van der Waals surface area (Å²) in [6.07, 6.45) is 3.22. The number of nitriles is 1. The van der Waals surface area contributed by atoms with Crippen molar-refractivity contribution >= 4 is 17.5 Å². The molecule has 1 aliphatic rings. The van der Waals surface area contributed by atoms with E-state index in [4.69, 9.17) is 0 Å². The van der Waals surface area contributed by atoms with Gasteiger partial charge >= 0.3 is 0 Å². The fraction of sp³-hybridized carbons (Fsp3) is 0.286. The standard InChI is InChI=1S/C21H21N3O2/c1-24(18-10-3-2-4-11-18)20(26)17-9-7-8-16(14-17)19(25)23-21(15-22)12-5-6-13-21/h2-4,7-11,14H,5-6,12-13H2,1H3,(H,23,25). The minimum absolute atomic E-state index is 0.193. The summed E-state index contributed by atoms with van der Waals surface area (Å²) < 4.78 is 0. The monoisotopic (exact) mass is 347 g/mol. The number of hydrogen-bond acceptors (Lipinski definition) is 3. The van der Waals surface area contributed by atoms with Gasteiger partial charge in [0.15, 0.2) is 0 Å². The Bertz CT molecular complexity index is 849. The number of nitrogens with one attached hydrogen (secondary N) is 1. The normalized spacial score (nSPS) is 15.1. The minimum atomic E-state index is -0.780. The van der Waals surface area contributed by atoms with Crippen molar-refractivity contribution in [2.24, 2.45) is 0 Å². The van der Waals surface area contributed by atoms with Crippen LogP contribution in [0.5, 0.6) is 0 Å². The maximum absolute atomic E-state index is 12.7. The second-order valence-electron chi connectivity index (χ2n) is 6.64. The van der Waals surface area contributed by atoms with Gasteiger partial charge in [0, 0.05) is 23.9 Å². The Balaban J connectivity index is 1.79. The Labute approximate surface area is 153 Å². The first kappa shape index (κ1) is 17.7. The molecule has 0 bridgehead atoms. The van der Waals surface area contributed by atoms with Crippen LogP contribution < -0.4 is 10.2 Å². The summed E-state index contributed by atoms with van der Waals surface area (Å²) in [5, 5.41) is 12.3. The van der Waals surface area contributed by atoms with E-state index in [-0.39, 0.29) is 11.8 Å². The molecule has 0 spiro atoms. The smallest absolute Gasteiger partial charge is 0.258 e. The van der Waals surface area contributed by atoms with E-state index in [1.165, 1.54) is 0 Å². The molecule has 1 saturated carbocycles. The average Bonchev–Trinajstić information content (AvgIpc) is 3.16. The van der Waals surface area contributed by atoms with Gasteiger partial charge in [0.2, 0.25) is 0 Å². The van der Waals surface area contributed by atoms with E-state index >= 15 is 0 Å². The van der Waals surface area contributed by atoms with Crippen LogP contribution >= 0.6 is 0 Å². The Hall–Kier alpha value is -3.13. The van der Waals surface area contributed by atoms with Crippen LogP contribution in [0.1, 0.15) is 46.4 Å². The third-order valence-electron chi connectivity index (χ3n) is 4.84. The molecule has 5 nitrogen and oxygen atoms in total. The summed E-state index contributed by atoms with van der Waals surface area (Å²) in [6, 6.07) is 18.2. The van der Waals surface area contributed by atoms with Crippen LogP contribution in [0.3, 0.4) is 0 Å². The van der Waals surface area contributed by atoms with Crippen molar-refractivity contribution in [3.8, 4) is 6.07 Å². The van der Waals surface area contributed by atoms with Gasteiger partial charge in [-0.25, -0.2) is 0 Å². The van der Waals surface area contributed by atoms with Crippen LogP contribution in [-0.4, -0.2) is 24.4 Å². The first-order valence-electron chi connectivity index (χ1n) is 8.72. The molecule has 0 aliphatic heterocycles. The van der Waals surface area contributed by atoms with Gasteiger partial charge in [-0.3, -0.25) is 9.59 Å². The Morgan fingerprint density at radius 3 is 2.35 bits per heavy atom. The van der Waals surface area contributed by atoms with Crippen LogP contribution in [0.15, 0.2) is 54.6 Å². The second kappa shape index (κ2) is 7.40. The van der Waals surface area contributed by atoms with Crippen LogP contribution in [0, 0.1) is 11.3 Å². The van der Waals surface area contributed by atoms with Gasteiger partial charge in [-0.15, -0.1) is 0 Å². The van der Waals surface area contributed by atoms with E-state index in [0.717, 1.165) is 18.5 Å². The molecule has 1 aliphatic carbocycles. The molecule has 132 valence electrons. The predicted molar refractivity (Wildman–Crippen MR) is 99.9 cm³/mol. The molecule has 3 rings (SSSR count). The second-order valence-corrected chi connectivity index (χ2v) is 6.64. The summed E-state index contributed by atoms with van der Waals surface area (Å²) in [6.45, 7) is 0. The number of para-hydroxylation sites is 1. The van der Waals surface area contributed by atoms with E-state index in [1.807, 2.05) is 30.3 Å². The number of rotatable bonds is 4. The third kappa shape index (κ3) is 3.60. The average molecular weight is 347 g/mol. The molecule has 0 aromatic heterocycles. The fourth-order valence-electron chi connectivity index (χ4n) is 3.29. The molecule has 2 aromatic rings. The summed E-state index contributed by atoms with van der Waals surface area (Å²) in [5.74, 6) is -0.507. The maximum Gasteiger partial charge on any atom is 0.258 e. The topological polar surface area (TPSA) is 73.2 Å². The van der Waals surface area contributed by atoms with Crippen LogP contribution in [0.25, 0.3) is 0 Å². The zero-order valence-electron chi connectivity index (χ0n) is 14.7. The number of anilines is 1. The number of carbonyl (C=O) groups is 2. The molecular formula is C21H21N3O2. The predicted octanol–water partition coefficient (Wildman–Crippen LogP) is 3.53. The number of benzene rings is 2. The van der Waals surface area contributed by atoms with E-state index in [1.54, 1.807) is 36.2 Å². The molecule has 0 atom stereocenters. The number of hydrogen-bond donors (Lipinski definition) is 1. The van der Waals surface area contributed by atoms with Crippen molar-refractivity contribution < 1.29 is 9.59 Å². The zero-order valence-corrected chi connectivity index (χ0v) is 14.7.